The lowest BCUT2D eigenvalue weighted by atomic mass is 10.0. The normalized spacial score (nSPS) is 10.6. The molecule has 2 aromatic heterocycles. The van der Waals surface area contributed by atoms with Crippen LogP contribution in [0.3, 0.4) is 0 Å². The van der Waals surface area contributed by atoms with Crippen molar-refractivity contribution in [1.82, 2.24) is 15.2 Å². The number of aryl methyl sites for hydroxylation is 1. The first kappa shape index (κ1) is 15.8. The minimum absolute atomic E-state index is 0.277. The van der Waals surface area contributed by atoms with Crippen LogP contribution in [0.1, 0.15) is 28.6 Å². The molecule has 120 valence electrons. The molecule has 4 nitrogen and oxygen atoms in total. The van der Waals surface area contributed by atoms with Gasteiger partial charge in [0, 0.05) is 17.3 Å². The average Bonchev–Trinajstić information content (AvgIpc) is 3.04. The van der Waals surface area contributed by atoms with Crippen molar-refractivity contribution in [3.63, 3.8) is 0 Å². The van der Waals surface area contributed by atoms with Gasteiger partial charge < -0.3 is 4.42 Å². The molecule has 0 unspecified atom stereocenters. The predicted molar refractivity (Wildman–Crippen MR) is 90.5 cm³/mol. The minimum atomic E-state index is -0.277. The Kier molecular flexibility index (Phi) is 4.33. The van der Waals surface area contributed by atoms with Crippen molar-refractivity contribution in [2.24, 2.45) is 0 Å². The van der Waals surface area contributed by atoms with Crippen LogP contribution in [0, 0.1) is 12.7 Å². The van der Waals surface area contributed by atoms with Gasteiger partial charge in [-0.05, 0) is 36.2 Å². The highest BCUT2D eigenvalue weighted by Gasteiger charge is 2.15. The summed E-state index contributed by atoms with van der Waals surface area (Å²) in [5.41, 5.74) is 3.81. The Morgan fingerprint density at radius 3 is 2.54 bits per heavy atom. The summed E-state index contributed by atoms with van der Waals surface area (Å²) in [5, 5.41) is 8.05. The molecule has 0 aliphatic rings. The van der Waals surface area contributed by atoms with Crippen LogP contribution >= 0.6 is 0 Å². The molecule has 2 heterocycles. The van der Waals surface area contributed by atoms with E-state index in [1.807, 2.05) is 19.1 Å². The Morgan fingerprint density at radius 2 is 1.83 bits per heavy atom. The molecule has 0 aliphatic heterocycles. The molecule has 0 radical (unpaired) electrons. The molecule has 0 saturated carbocycles. The molecule has 0 amide bonds. The van der Waals surface area contributed by atoms with Gasteiger partial charge in [0.05, 0.1) is 12.1 Å². The molecule has 0 N–H and O–H groups in total. The highest BCUT2D eigenvalue weighted by atomic mass is 19.1. The number of allylic oxidation sites excluding steroid dienone is 2. The number of aromatic nitrogens is 3. The summed E-state index contributed by atoms with van der Waals surface area (Å²) in [7, 11) is 0. The van der Waals surface area contributed by atoms with Gasteiger partial charge in [0.2, 0.25) is 11.8 Å². The highest BCUT2D eigenvalue weighted by molar-refractivity contribution is 6.00. The van der Waals surface area contributed by atoms with Crippen molar-refractivity contribution in [2.75, 3.05) is 0 Å². The molecule has 0 atom stereocenters. The van der Waals surface area contributed by atoms with E-state index in [1.54, 1.807) is 18.3 Å². The molecule has 0 fully saturated rings. The number of pyridine rings is 1. The maximum Gasteiger partial charge on any atom is 0.247 e. The topological polar surface area (TPSA) is 51.8 Å². The largest absolute Gasteiger partial charge is 0.420 e. The van der Waals surface area contributed by atoms with E-state index < -0.39 is 0 Å². The summed E-state index contributed by atoms with van der Waals surface area (Å²) in [6.07, 6.45) is 2.13. The molecule has 1 aromatic carbocycles. The third-order valence-corrected chi connectivity index (χ3v) is 3.65. The number of benzene rings is 1. The summed E-state index contributed by atoms with van der Waals surface area (Å²) in [6.45, 7) is 9.98. The maximum absolute atomic E-state index is 12.9. The predicted octanol–water partition coefficient (Wildman–Crippen LogP) is 4.23. The average molecular weight is 321 g/mol. The number of halogens is 1. The van der Waals surface area contributed by atoms with E-state index in [-0.39, 0.29) is 5.82 Å². The zero-order chi connectivity index (χ0) is 17.1. The second-order valence-corrected chi connectivity index (χ2v) is 5.43. The molecule has 0 saturated heterocycles. The smallest absolute Gasteiger partial charge is 0.247 e. The lowest BCUT2D eigenvalue weighted by Crippen LogP contribution is -1.94. The molecule has 0 bridgehead atoms. The Bertz CT molecular complexity index is 897. The second kappa shape index (κ2) is 6.58. The van der Waals surface area contributed by atoms with E-state index in [9.17, 15) is 4.39 Å². The Labute approximate surface area is 139 Å². The van der Waals surface area contributed by atoms with Crippen LogP contribution < -0.4 is 0 Å². The molecule has 3 aromatic rings. The quantitative estimate of drug-likeness (QED) is 0.660. The number of hydrogen-bond donors (Lipinski definition) is 0. The molecular weight excluding hydrogens is 305 g/mol. The zero-order valence-corrected chi connectivity index (χ0v) is 13.3. The number of hydrogen-bond acceptors (Lipinski definition) is 4. The summed E-state index contributed by atoms with van der Waals surface area (Å²) in [6, 6.07) is 9.99. The number of rotatable bonds is 5. The van der Waals surface area contributed by atoms with Gasteiger partial charge in [-0.1, -0.05) is 31.4 Å². The van der Waals surface area contributed by atoms with Crippen LogP contribution in [0.15, 0.2) is 60.2 Å². The molecule has 24 heavy (non-hydrogen) atoms. The molecular formula is C19H16FN3O. The first-order valence-electron chi connectivity index (χ1n) is 7.42. The summed E-state index contributed by atoms with van der Waals surface area (Å²) >= 11 is 0. The van der Waals surface area contributed by atoms with Crippen molar-refractivity contribution in [3.05, 3.63) is 90.2 Å². The Morgan fingerprint density at radius 1 is 1.08 bits per heavy atom. The van der Waals surface area contributed by atoms with E-state index in [1.165, 1.54) is 12.1 Å². The monoisotopic (exact) mass is 321 g/mol. The van der Waals surface area contributed by atoms with Gasteiger partial charge in [0.1, 0.15) is 5.82 Å². The first-order chi connectivity index (χ1) is 11.5. The van der Waals surface area contributed by atoms with E-state index >= 15 is 0 Å². The van der Waals surface area contributed by atoms with Crippen molar-refractivity contribution in [1.29, 1.82) is 0 Å². The van der Waals surface area contributed by atoms with Crippen LogP contribution in [-0.4, -0.2) is 15.2 Å². The minimum Gasteiger partial charge on any atom is -0.420 e. The molecule has 0 spiro atoms. The molecule has 0 aliphatic carbocycles. The van der Waals surface area contributed by atoms with Gasteiger partial charge in [-0.3, -0.25) is 4.98 Å². The molecule has 5 heteroatoms. The van der Waals surface area contributed by atoms with Crippen LogP contribution in [0.4, 0.5) is 4.39 Å². The van der Waals surface area contributed by atoms with Gasteiger partial charge in [0.15, 0.2) is 0 Å². The van der Waals surface area contributed by atoms with Gasteiger partial charge in [-0.15, -0.1) is 10.2 Å². The maximum atomic E-state index is 12.9. The third kappa shape index (κ3) is 3.30. The second-order valence-electron chi connectivity index (χ2n) is 5.43. The van der Waals surface area contributed by atoms with E-state index in [2.05, 4.69) is 28.3 Å². The third-order valence-electron chi connectivity index (χ3n) is 3.65. The standard InChI is InChI=1S/C19H16FN3O/c1-12-5-4-10-21-18(12)13(2)14(3)19-23-22-17(24-19)11-15-6-8-16(20)9-7-15/h4-10H,2-3,11H2,1H3. The SMILES string of the molecule is C=C(C(=C)c1ncccc1C)c1nnc(Cc2ccc(F)cc2)o1. The summed E-state index contributed by atoms with van der Waals surface area (Å²) in [5.74, 6) is 0.464. The fourth-order valence-corrected chi connectivity index (χ4v) is 2.30. The van der Waals surface area contributed by atoms with Gasteiger partial charge in [0.25, 0.3) is 0 Å². The van der Waals surface area contributed by atoms with E-state index in [0.29, 0.717) is 29.3 Å². The molecule has 3 rings (SSSR count). The van der Waals surface area contributed by atoms with Crippen LogP contribution in [0.5, 0.6) is 0 Å². The summed E-state index contributed by atoms with van der Waals surface area (Å²) in [4.78, 5) is 4.32. The fourth-order valence-electron chi connectivity index (χ4n) is 2.30. The zero-order valence-electron chi connectivity index (χ0n) is 13.3. The Balaban J connectivity index is 1.77. The Hall–Kier alpha value is -3.08. The van der Waals surface area contributed by atoms with Gasteiger partial charge in [-0.2, -0.15) is 0 Å². The van der Waals surface area contributed by atoms with Gasteiger partial charge >= 0.3 is 0 Å². The first-order valence-corrected chi connectivity index (χ1v) is 7.42. The van der Waals surface area contributed by atoms with Crippen molar-refractivity contribution < 1.29 is 8.81 Å². The van der Waals surface area contributed by atoms with Crippen molar-refractivity contribution >= 4 is 11.1 Å². The van der Waals surface area contributed by atoms with Crippen LogP contribution in [0.2, 0.25) is 0 Å². The lowest BCUT2D eigenvalue weighted by molar-refractivity contribution is 0.494. The highest BCUT2D eigenvalue weighted by Crippen LogP contribution is 2.28. The van der Waals surface area contributed by atoms with E-state index in [0.717, 1.165) is 16.8 Å². The van der Waals surface area contributed by atoms with Crippen molar-refractivity contribution in [3.8, 4) is 0 Å². The van der Waals surface area contributed by atoms with E-state index in [4.69, 9.17) is 4.42 Å². The van der Waals surface area contributed by atoms with Crippen LogP contribution in [0.25, 0.3) is 11.1 Å². The number of nitrogens with zero attached hydrogens (tertiary/aromatic N) is 3. The van der Waals surface area contributed by atoms with Crippen LogP contribution in [-0.2, 0) is 6.42 Å². The van der Waals surface area contributed by atoms with Gasteiger partial charge in [-0.25, -0.2) is 4.39 Å². The lowest BCUT2D eigenvalue weighted by Gasteiger charge is -2.07. The van der Waals surface area contributed by atoms with Crippen molar-refractivity contribution in [2.45, 2.75) is 13.3 Å². The summed E-state index contributed by atoms with van der Waals surface area (Å²) < 4.78 is 18.6. The fraction of sp³-hybridized carbons (Fsp3) is 0.105.